The highest BCUT2D eigenvalue weighted by Gasteiger charge is 2.22. The summed E-state index contributed by atoms with van der Waals surface area (Å²) in [5.74, 6) is 0.932. The first kappa shape index (κ1) is 14.5. The summed E-state index contributed by atoms with van der Waals surface area (Å²) in [6, 6.07) is 2.62. The molecule has 104 valence electrons. The van der Waals surface area contributed by atoms with Gasteiger partial charge in [0.2, 0.25) is 5.13 Å². The molecule has 3 nitrogen and oxygen atoms in total. The molecule has 0 aliphatic rings. The highest BCUT2D eigenvalue weighted by Crippen LogP contribution is 2.26. The molecule has 0 aliphatic carbocycles. The largest absolute Gasteiger partial charge is 0.347 e. The molecule has 0 aromatic carbocycles. The third-order valence-electron chi connectivity index (χ3n) is 3.16. The van der Waals surface area contributed by atoms with E-state index in [1.54, 1.807) is 11.3 Å². The van der Waals surface area contributed by atoms with Crippen molar-refractivity contribution in [3.63, 3.8) is 0 Å². The number of aromatic nitrogens is 2. The van der Waals surface area contributed by atoms with Crippen LogP contribution in [-0.4, -0.2) is 22.4 Å². The summed E-state index contributed by atoms with van der Waals surface area (Å²) in [6.45, 7) is 8.67. The van der Waals surface area contributed by atoms with Crippen molar-refractivity contribution in [2.75, 3.05) is 11.9 Å². The zero-order valence-corrected chi connectivity index (χ0v) is 13.8. The Morgan fingerprint density at radius 3 is 2.63 bits per heavy atom. The summed E-state index contributed by atoms with van der Waals surface area (Å²) < 4.78 is 4.48. The summed E-state index contributed by atoms with van der Waals surface area (Å²) in [7, 11) is 2.10. The minimum Gasteiger partial charge on any atom is -0.347 e. The lowest BCUT2D eigenvalue weighted by Crippen LogP contribution is -2.30. The van der Waals surface area contributed by atoms with Gasteiger partial charge >= 0.3 is 0 Å². The maximum atomic E-state index is 4.67. The molecule has 0 fully saturated rings. The summed E-state index contributed by atoms with van der Waals surface area (Å²) in [5, 5.41) is 5.35. The predicted octanol–water partition coefficient (Wildman–Crippen LogP) is 3.96. The van der Waals surface area contributed by atoms with Crippen LogP contribution in [0, 0.1) is 0 Å². The lowest BCUT2D eigenvalue weighted by Gasteiger charge is -2.23. The molecule has 2 rings (SSSR count). The number of likely N-dealkylation sites (N-methyl/N-ethyl adjacent to an activating group) is 1. The Bertz CT molecular complexity index is 511. The van der Waals surface area contributed by atoms with Gasteiger partial charge in [0.15, 0.2) is 0 Å². The van der Waals surface area contributed by atoms with E-state index in [0.717, 1.165) is 17.4 Å². The highest BCUT2D eigenvalue weighted by molar-refractivity contribution is 7.09. The van der Waals surface area contributed by atoms with Crippen LogP contribution in [0.25, 0.3) is 0 Å². The monoisotopic (exact) mass is 295 g/mol. The minimum atomic E-state index is 0.0200. The van der Waals surface area contributed by atoms with Gasteiger partial charge in [-0.1, -0.05) is 20.8 Å². The lowest BCUT2D eigenvalue weighted by atomic mass is 9.96. The molecule has 0 aliphatic heterocycles. The smallest absolute Gasteiger partial charge is 0.205 e. The van der Waals surface area contributed by atoms with Gasteiger partial charge in [-0.25, -0.2) is 4.98 Å². The fourth-order valence-corrected chi connectivity index (χ4v) is 3.34. The molecule has 1 unspecified atom stereocenters. The molecule has 0 amide bonds. The van der Waals surface area contributed by atoms with Crippen molar-refractivity contribution in [2.24, 2.45) is 0 Å². The van der Waals surface area contributed by atoms with Crippen molar-refractivity contribution >= 4 is 28.0 Å². The summed E-state index contributed by atoms with van der Waals surface area (Å²) in [4.78, 5) is 6.89. The van der Waals surface area contributed by atoms with Crippen LogP contribution in [0.1, 0.15) is 39.1 Å². The molecule has 0 saturated carbocycles. The van der Waals surface area contributed by atoms with Gasteiger partial charge in [0.1, 0.15) is 5.82 Å². The van der Waals surface area contributed by atoms with Crippen molar-refractivity contribution < 1.29 is 0 Å². The standard InChI is InChI=1S/C14H21N3S2/c1-10(8-11-6-7-18-9-11)17(5)13-15-12(16-19-13)14(2,3)4/h6-7,9-10H,8H2,1-5H3. The summed E-state index contributed by atoms with van der Waals surface area (Å²) >= 11 is 3.25. The quantitative estimate of drug-likeness (QED) is 0.855. The minimum absolute atomic E-state index is 0.0200. The van der Waals surface area contributed by atoms with Gasteiger partial charge in [0.05, 0.1) is 0 Å². The Labute approximate surface area is 123 Å². The van der Waals surface area contributed by atoms with Crippen LogP contribution in [0.5, 0.6) is 0 Å². The predicted molar refractivity (Wildman–Crippen MR) is 84.5 cm³/mol. The third kappa shape index (κ3) is 3.54. The first-order valence-electron chi connectivity index (χ1n) is 6.46. The van der Waals surface area contributed by atoms with Gasteiger partial charge in [-0.3, -0.25) is 0 Å². The molecule has 2 heterocycles. The SMILES string of the molecule is CC(Cc1ccsc1)N(C)c1nc(C(C)(C)C)ns1. The van der Waals surface area contributed by atoms with Crippen LogP contribution in [0.4, 0.5) is 5.13 Å². The number of rotatable bonds is 4. The van der Waals surface area contributed by atoms with Crippen LogP contribution in [0.2, 0.25) is 0 Å². The average molecular weight is 295 g/mol. The fourth-order valence-electron chi connectivity index (χ4n) is 1.74. The Hall–Kier alpha value is -0.940. The molecule has 19 heavy (non-hydrogen) atoms. The Morgan fingerprint density at radius 1 is 1.37 bits per heavy atom. The molecule has 0 radical (unpaired) electrons. The van der Waals surface area contributed by atoms with Crippen LogP contribution < -0.4 is 4.90 Å². The van der Waals surface area contributed by atoms with E-state index in [4.69, 9.17) is 0 Å². The molecule has 0 bridgehead atoms. The van der Waals surface area contributed by atoms with Crippen LogP contribution in [0.3, 0.4) is 0 Å². The highest BCUT2D eigenvalue weighted by atomic mass is 32.1. The van der Waals surface area contributed by atoms with Crippen LogP contribution in [0.15, 0.2) is 16.8 Å². The van der Waals surface area contributed by atoms with E-state index in [9.17, 15) is 0 Å². The second kappa shape index (κ2) is 5.59. The van der Waals surface area contributed by atoms with Crippen molar-refractivity contribution in [1.29, 1.82) is 0 Å². The summed E-state index contributed by atoms with van der Waals surface area (Å²) in [5.41, 5.74) is 1.41. The molecular weight excluding hydrogens is 274 g/mol. The van der Waals surface area contributed by atoms with Gasteiger partial charge in [-0.15, -0.1) is 0 Å². The number of hydrogen-bond acceptors (Lipinski definition) is 5. The molecule has 0 spiro atoms. The maximum absolute atomic E-state index is 4.67. The second-order valence-electron chi connectivity index (χ2n) is 5.95. The van der Waals surface area contributed by atoms with Gasteiger partial charge in [-0.2, -0.15) is 15.7 Å². The van der Waals surface area contributed by atoms with Gasteiger partial charge < -0.3 is 4.90 Å². The Morgan fingerprint density at radius 2 is 2.11 bits per heavy atom. The average Bonchev–Trinajstić information content (AvgIpc) is 2.97. The normalized spacial score (nSPS) is 13.5. The van der Waals surface area contributed by atoms with E-state index in [1.165, 1.54) is 17.1 Å². The first-order chi connectivity index (χ1) is 8.88. The lowest BCUT2D eigenvalue weighted by molar-refractivity contribution is 0.553. The van der Waals surface area contributed by atoms with Crippen molar-refractivity contribution in [2.45, 2.75) is 45.6 Å². The molecule has 0 N–H and O–H groups in total. The first-order valence-corrected chi connectivity index (χ1v) is 8.17. The van der Waals surface area contributed by atoms with Crippen molar-refractivity contribution in [3.05, 3.63) is 28.2 Å². The fraction of sp³-hybridized carbons (Fsp3) is 0.571. The number of hydrogen-bond donors (Lipinski definition) is 0. The van der Waals surface area contributed by atoms with E-state index in [-0.39, 0.29) is 5.41 Å². The van der Waals surface area contributed by atoms with Gasteiger partial charge in [0.25, 0.3) is 0 Å². The number of anilines is 1. The van der Waals surface area contributed by atoms with Crippen LogP contribution >= 0.6 is 22.9 Å². The number of nitrogens with zero attached hydrogens (tertiary/aromatic N) is 3. The molecule has 1 atom stereocenters. The topological polar surface area (TPSA) is 29.0 Å². The zero-order chi connectivity index (χ0) is 14.0. The van der Waals surface area contributed by atoms with Crippen molar-refractivity contribution in [3.8, 4) is 0 Å². The maximum Gasteiger partial charge on any atom is 0.205 e. The zero-order valence-electron chi connectivity index (χ0n) is 12.2. The Balaban J connectivity index is 2.06. The van der Waals surface area contributed by atoms with Crippen molar-refractivity contribution in [1.82, 2.24) is 9.36 Å². The number of thiophene rings is 1. The van der Waals surface area contributed by atoms with E-state index < -0.39 is 0 Å². The van der Waals surface area contributed by atoms with Gasteiger partial charge in [-0.05, 0) is 35.7 Å². The van der Waals surface area contributed by atoms with E-state index in [1.807, 2.05) is 0 Å². The Kier molecular flexibility index (Phi) is 4.26. The molecule has 2 aromatic heterocycles. The third-order valence-corrected chi connectivity index (χ3v) is 4.70. The van der Waals surface area contributed by atoms with Gasteiger partial charge in [0, 0.05) is 30.0 Å². The molecular formula is C14H21N3S2. The van der Waals surface area contributed by atoms with Crippen LogP contribution in [-0.2, 0) is 11.8 Å². The molecule has 0 saturated heterocycles. The molecule has 2 aromatic rings. The van der Waals surface area contributed by atoms with E-state index >= 15 is 0 Å². The molecule has 5 heteroatoms. The van der Waals surface area contributed by atoms with E-state index in [2.05, 4.69) is 65.8 Å². The van der Waals surface area contributed by atoms with E-state index in [0.29, 0.717) is 6.04 Å². The summed E-state index contributed by atoms with van der Waals surface area (Å²) in [6.07, 6.45) is 1.05. The second-order valence-corrected chi connectivity index (χ2v) is 7.46.